The fourth-order valence-electron chi connectivity index (χ4n) is 1.70. The van der Waals surface area contributed by atoms with Crippen LogP contribution in [-0.4, -0.2) is 38.3 Å². The van der Waals surface area contributed by atoms with Crippen molar-refractivity contribution in [1.29, 1.82) is 0 Å². The van der Waals surface area contributed by atoms with Crippen LogP contribution in [0.4, 0.5) is 5.69 Å². The number of nitrogens with one attached hydrogen (secondary N) is 1. The Labute approximate surface area is 135 Å². The van der Waals surface area contributed by atoms with Gasteiger partial charge in [-0.2, -0.15) is 0 Å². The molecule has 0 radical (unpaired) electrons. The van der Waals surface area contributed by atoms with Crippen molar-refractivity contribution in [3.05, 3.63) is 49.6 Å². The Kier molecular flexibility index (Phi) is 8.17. The fraction of sp³-hybridized carbons (Fsp3) is 0.294. The van der Waals surface area contributed by atoms with Gasteiger partial charge in [0.15, 0.2) is 0 Å². The van der Waals surface area contributed by atoms with Crippen LogP contribution in [0.15, 0.2) is 49.6 Å². The van der Waals surface area contributed by atoms with Gasteiger partial charge in [0.05, 0.1) is 25.8 Å². The van der Waals surface area contributed by atoms with Crippen LogP contribution in [0.5, 0.6) is 5.75 Å². The molecule has 23 heavy (non-hydrogen) atoms. The number of methoxy groups -OCH3 is 1. The Morgan fingerprint density at radius 2 is 1.91 bits per heavy atom. The molecule has 1 aromatic carbocycles. The highest BCUT2D eigenvalue weighted by atomic mass is 16.5. The van der Waals surface area contributed by atoms with Gasteiger partial charge in [-0.25, -0.2) is 0 Å². The minimum absolute atomic E-state index is 0.143. The Bertz CT molecular complexity index is 556. The minimum Gasteiger partial charge on any atom is -0.487 e. The lowest BCUT2D eigenvalue weighted by Crippen LogP contribution is -2.33. The summed E-state index contributed by atoms with van der Waals surface area (Å²) in [5, 5.41) is 2.69. The first-order chi connectivity index (χ1) is 11.1. The van der Waals surface area contributed by atoms with Crippen LogP contribution in [0, 0.1) is 0 Å². The summed E-state index contributed by atoms with van der Waals surface area (Å²) in [6.45, 7) is 7.55. The number of carbonyl (C=O) groups is 2. The third-order valence-corrected chi connectivity index (χ3v) is 2.79. The van der Waals surface area contributed by atoms with E-state index in [2.05, 4.69) is 23.2 Å². The summed E-state index contributed by atoms with van der Waals surface area (Å²) in [5.41, 5.74) is 0.483. The van der Waals surface area contributed by atoms with E-state index in [4.69, 9.17) is 9.47 Å². The summed E-state index contributed by atoms with van der Waals surface area (Å²) in [4.78, 5) is 23.7. The van der Waals surface area contributed by atoms with E-state index in [0.29, 0.717) is 18.0 Å². The zero-order valence-electron chi connectivity index (χ0n) is 13.1. The lowest BCUT2D eigenvalue weighted by molar-refractivity contribution is -0.147. The average molecular weight is 319 g/mol. The number of ether oxygens (including phenoxy) is 3. The molecule has 6 heteroatoms. The number of hydrogen-bond donors (Lipinski definition) is 1. The second-order valence-electron chi connectivity index (χ2n) is 4.48. The maximum atomic E-state index is 12.3. The monoisotopic (exact) mass is 319 g/mol. The van der Waals surface area contributed by atoms with E-state index in [1.807, 2.05) is 0 Å². The van der Waals surface area contributed by atoms with Gasteiger partial charge in [0.2, 0.25) is 0 Å². The first-order valence-corrected chi connectivity index (χ1v) is 7.05. The zero-order chi connectivity index (χ0) is 17.1. The van der Waals surface area contributed by atoms with Crippen LogP contribution in [0.1, 0.15) is 6.42 Å². The number of rotatable bonds is 10. The molecule has 1 amide bonds. The lowest BCUT2D eigenvalue weighted by atomic mass is 10.2. The van der Waals surface area contributed by atoms with Gasteiger partial charge < -0.3 is 19.5 Å². The van der Waals surface area contributed by atoms with E-state index in [0.717, 1.165) is 0 Å². The molecule has 0 aliphatic carbocycles. The van der Waals surface area contributed by atoms with E-state index in [1.165, 1.54) is 13.2 Å². The molecular formula is C17H21NO5. The second-order valence-corrected chi connectivity index (χ2v) is 4.48. The van der Waals surface area contributed by atoms with Gasteiger partial charge in [0, 0.05) is 0 Å². The Morgan fingerprint density at radius 1 is 1.22 bits per heavy atom. The quantitative estimate of drug-likeness (QED) is 0.529. The highest BCUT2D eigenvalue weighted by molar-refractivity contribution is 5.97. The molecule has 0 aliphatic heterocycles. The van der Waals surface area contributed by atoms with Crippen molar-refractivity contribution >= 4 is 17.6 Å². The van der Waals surface area contributed by atoms with Crippen molar-refractivity contribution in [2.24, 2.45) is 0 Å². The van der Waals surface area contributed by atoms with Gasteiger partial charge in [-0.3, -0.25) is 9.59 Å². The van der Waals surface area contributed by atoms with Crippen molar-refractivity contribution in [2.45, 2.75) is 12.5 Å². The van der Waals surface area contributed by atoms with Gasteiger partial charge in [0.25, 0.3) is 5.91 Å². The summed E-state index contributed by atoms with van der Waals surface area (Å²) in [6, 6.07) is 6.96. The van der Waals surface area contributed by atoms with Gasteiger partial charge >= 0.3 is 5.97 Å². The third-order valence-electron chi connectivity index (χ3n) is 2.79. The molecule has 0 aromatic heterocycles. The van der Waals surface area contributed by atoms with Crippen LogP contribution >= 0.6 is 0 Å². The number of benzene rings is 1. The van der Waals surface area contributed by atoms with Gasteiger partial charge in [0.1, 0.15) is 18.5 Å². The van der Waals surface area contributed by atoms with Crippen molar-refractivity contribution in [1.82, 2.24) is 0 Å². The molecule has 0 saturated heterocycles. The summed E-state index contributed by atoms with van der Waals surface area (Å²) in [5.74, 6) is -0.501. The minimum atomic E-state index is -0.979. The highest BCUT2D eigenvalue weighted by Crippen LogP contribution is 2.24. The number of amides is 1. The molecule has 0 spiro atoms. The Hall–Kier alpha value is -2.60. The average Bonchev–Trinajstić information content (AvgIpc) is 2.57. The summed E-state index contributed by atoms with van der Waals surface area (Å²) < 4.78 is 15.4. The summed E-state index contributed by atoms with van der Waals surface area (Å²) >= 11 is 0. The highest BCUT2D eigenvalue weighted by Gasteiger charge is 2.23. The van der Waals surface area contributed by atoms with Crippen LogP contribution in [0.25, 0.3) is 0 Å². The molecule has 0 bridgehead atoms. The number of hydrogen-bond acceptors (Lipinski definition) is 5. The van der Waals surface area contributed by atoms with E-state index in [-0.39, 0.29) is 13.0 Å². The van der Waals surface area contributed by atoms with Gasteiger partial charge in [-0.15, -0.1) is 6.58 Å². The first kappa shape index (κ1) is 18.4. The van der Waals surface area contributed by atoms with E-state index >= 15 is 0 Å². The number of para-hydroxylation sites is 2. The largest absolute Gasteiger partial charge is 0.487 e. The van der Waals surface area contributed by atoms with Crippen LogP contribution < -0.4 is 10.1 Å². The first-order valence-electron chi connectivity index (χ1n) is 7.05. The maximum absolute atomic E-state index is 12.3. The third kappa shape index (κ3) is 6.36. The topological polar surface area (TPSA) is 73.9 Å². The van der Waals surface area contributed by atoms with Crippen LogP contribution in [0.3, 0.4) is 0 Å². The van der Waals surface area contributed by atoms with Crippen molar-refractivity contribution in [2.75, 3.05) is 25.6 Å². The van der Waals surface area contributed by atoms with E-state index in [9.17, 15) is 9.59 Å². The molecule has 1 aromatic rings. The van der Waals surface area contributed by atoms with Crippen LogP contribution in [0.2, 0.25) is 0 Å². The standard InChI is InChI=1S/C17H21NO5/c1-4-10-22-14-9-7-6-8-13(14)18-17(20)15(23-11-5-2)12-16(19)21-3/h4-9,15H,1-2,10-12H2,3H3,(H,18,20). The zero-order valence-corrected chi connectivity index (χ0v) is 13.1. The Balaban J connectivity index is 2.82. The molecule has 0 aliphatic rings. The summed E-state index contributed by atoms with van der Waals surface area (Å²) in [6.07, 6.45) is 1.93. The molecule has 1 N–H and O–H groups in total. The van der Waals surface area contributed by atoms with Crippen molar-refractivity contribution in [3.8, 4) is 5.75 Å². The number of esters is 1. The molecule has 1 unspecified atom stereocenters. The van der Waals surface area contributed by atoms with E-state index in [1.54, 1.807) is 30.3 Å². The molecule has 0 fully saturated rings. The SMILES string of the molecule is C=CCOc1ccccc1NC(=O)C(CC(=O)OC)OCC=C. The van der Waals surface area contributed by atoms with Crippen LogP contribution in [-0.2, 0) is 19.1 Å². The normalized spacial score (nSPS) is 11.2. The molecule has 1 atom stereocenters. The number of carbonyl (C=O) groups excluding carboxylic acids is 2. The predicted molar refractivity (Wildman–Crippen MR) is 87.3 cm³/mol. The van der Waals surface area contributed by atoms with Crippen molar-refractivity contribution < 1.29 is 23.8 Å². The van der Waals surface area contributed by atoms with Crippen molar-refractivity contribution in [3.63, 3.8) is 0 Å². The van der Waals surface area contributed by atoms with E-state index < -0.39 is 18.0 Å². The molecular weight excluding hydrogens is 298 g/mol. The lowest BCUT2D eigenvalue weighted by Gasteiger charge is -2.17. The Morgan fingerprint density at radius 3 is 2.57 bits per heavy atom. The predicted octanol–water partition coefficient (Wildman–Crippen LogP) is 2.32. The molecule has 1 rings (SSSR count). The van der Waals surface area contributed by atoms with Gasteiger partial charge in [-0.05, 0) is 12.1 Å². The molecule has 0 saturated carbocycles. The smallest absolute Gasteiger partial charge is 0.308 e. The fourth-order valence-corrected chi connectivity index (χ4v) is 1.70. The second kappa shape index (κ2) is 10.2. The van der Waals surface area contributed by atoms with Gasteiger partial charge in [-0.1, -0.05) is 30.9 Å². The summed E-state index contributed by atoms with van der Waals surface area (Å²) in [7, 11) is 1.25. The molecule has 0 heterocycles. The molecule has 6 nitrogen and oxygen atoms in total. The molecule has 124 valence electrons. The number of anilines is 1. The maximum Gasteiger partial charge on any atom is 0.308 e.